The highest BCUT2D eigenvalue weighted by Gasteiger charge is 1.96. The van der Waals surface area contributed by atoms with Crippen molar-refractivity contribution in [2.45, 2.75) is 6.92 Å². The lowest BCUT2D eigenvalue weighted by molar-refractivity contribution is 0.101. The molecule has 0 unspecified atom stereocenters. The third-order valence-electron chi connectivity index (χ3n) is 1.08. The zero-order valence-corrected chi connectivity index (χ0v) is 5.42. The minimum Gasteiger partial charge on any atom is -0.312 e. The summed E-state index contributed by atoms with van der Waals surface area (Å²) >= 11 is 0. The summed E-state index contributed by atoms with van der Waals surface area (Å²) in [5.74, 6) is -0.108. The molecule has 0 fully saturated rings. The summed E-state index contributed by atoms with van der Waals surface area (Å²) in [6.45, 7) is 1.41. The maximum absolute atomic E-state index is 10.6. The van der Waals surface area contributed by atoms with Gasteiger partial charge in [0.15, 0.2) is 5.78 Å². The highest BCUT2D eigenvalue weighted by Crippen LogP contribution is 1.90. The van der Waals surface area contributed by atoms with Crippen LogP contribution in [-0.2, 0) is 0 Å². The van der Waals surface area contributed by atoms with Crippen molar-refractivity contribution in [1.29, 1.82) is 0 Å². The minimum absolute atomic E-state index is 0.108. The Hall–Kier alpha value is -1.45. The molecule has 0 aromatic carbocycles. The molecule has 1 rings (SSSR count). The lowest BCUT2D eigenvalue weighted by atomic mass is 10.2. The number of nitrogens with one attached hydrogen (secondary N) is 1. The Balaban J connectivity index is 3.12. The fraction of sp³-hybridized carbons (Fsp3) is 0.167. The molecular formula is C6H6N2O2. The molecule has 0 spiro atoms. The predicted molar refractivity (Wildman–Crippen MR) is 34.9 cm³/mol. The van der Waals surface area contributed by atoms with Crippen LogP contribution in [0.25, 0.3) is 0 Å². The van der Waals surface area contributed by atoms with Crippen LogP contribution in [0.1, 0.15) is 17.3 Å². The van der Waals surface area contributed by atoms with E-state index in [0.29, 0.717) is 5.56 Å². The fourth-order valence-electron chi connectivity index (χ4n) is 0.535. The van der Waals surface area contributed by atoms with Crippen LogP contribution in [0.4, 0.5) is 0 Å². The minimum atomic E-state index is -0.440. The maximum atomic E-state index is 10.6. The number of nitrogens with zero attached hydrogens (tertiary/aromatic N) is 1. The summed E-state index contributed by atoms with van der Waals surface area (Å²) in [7, 11) is 0. The van der Waals surface area contributed by atoms with Crippen molar-refractivity contribution >= 4 is 5.78 Å². The van der Waals surface area contributed by atoms with Gasteiger partial charge in [0.05, 0.1) is 5.56 Å². The Morgan fingerprint density at radius 2 is 2.40 bits per heavy atom. The van der Waals surface area contributed by atoms with Crippen LogP contribution in [0.3, 0.4) is 0 Å². The monoisotopic (exact) mass is 138 g/mol. The Morgan fingerprint density at radius 1 is 1.70 bits per heavy atom. The van der Waals surface area contributed by atoms with Crippen molar-refractivity contribution in [1.82, 2.24) is 9.97 Å². The molecule has 0 amide bonds. The Morgan fingerprint density at radius 3 is 2.80 bits per heavy atom. The molecule has 4 nitrogen and oxygen atoms in total. The number of hydrogen-bond donors (Lipinski definition) is 1. The van der Waals surface area contributed by atoms with Gasteiger partial charge in [-0.3, -0.25) is 4.79 Å². The highest BCUT2D eigenvalue weighted by molar-refractivity contribution is 5.93. The SMILES string of the molecule is CC(=O)c1cnc(=O)[nH]c1. The van der Waals surface area contributed by atoms with E-state index in [4.69, 9.17) is 0 Å². The second-order valence-electron chi connectivity index (χ2n) is 1.86. The van der Waals surface area contributed by atoms with Crippen LogP contribution >= 0.6 is 0 Å². The molecule has 0 saturated carbocycles. The van der Waals surface area contributed by atoms with Crippen LogP contribution in [0, 0.1) is 0 Å². The van der Waals surface area contributed by atoms with Gasteiger partial charge in [-0.15, -0.1) is 0 Å². The highest BCUT2D eigenvalue weighted by atomic mass is 16.1. The second-order valence-corrected chi connectivity index (χ2v) is 1.86. The summed E-state index contributed by atoms with van der Waals surface area (Å²) in [6.07, 6.45) is 2.60. The first-order valence-corrected chi connectivity index (χ1v) is 2.76. The summed E-state index contributed by atoms with van der Waals surface area (Å²) in [5.41, 5.74) is -0.0235. The van der Waals surface area contributed by atoms with E-state index < -0.39 is 5.69 Å². The molecule has 0 saturated heterocycles. The van der Waals surface area contributed by atoms with Gasteiger partial charge in [-0.2, -0.15) is 0 Å². The first kappa shape index (κ1) is 6.67. The second kappa shape index (κ2) is 2.43. The van der Waals surface area contributed by atoms with E-state index >= 15 is 0 Å². The molecular weight excluding hydrogens is 132 g/mol. The average Bonchev–Trinajstić information content (AvgIpc) is 1.88. The fourth-order valence-corrected chi connectivity index (χ4v) is 0.535. The van der Waals surface area contributed by atoms with Crippen LogP contribution in [0.5, 0.6) is 0 Å². The number of ketones is 1. The van der Waals surface area contributed by atoms with E-state index in [9.17, 15) is 9.59 Å². The van der Waals surface area contributed by atoms with Crippen LogP contribution < -0.4 is 5.69 Å². The number of Topliss-reactive ketones (excluding diaryl/α,β-unsaturated/α-hetero) is 1. The number of H-pyrrole nitrogens is 1. The van der Waals surface area contributed by atoms with Gasteiger partial charge in [0, 0.05) is 12.4 Å². The van der Waals surface area contributed by atoms with E-state index in [-0.39, 0.29) is 5.78 Å². The largest absolute Gasteiger partial charge is 0.344 e. The number of carbonyl (C=O) groups excluding carboxylic acids is 1. The number of carbonyl (C=O) groups is 1. The molecule has 52 valence electrons. The quantitative estimate of drug-likeness (QED) is 0.554. The molecule has 0 aliphatic heterocycles. The van der Waals surface area contributed by atoms with Crippen molar-refractivity contribution in [3.05, 3.63) is 28.4 Å². The van der Waals surface area contributed by atoms with Gasteiger partial charge in [-0.1, -0.05) is 0 Å². The zero-order chi connectivity index (χ0) is 7.56. The third-order valence-corrected chi connectivity index (χ3v) is 1.08. The van der Waals surface area contributed by atoms with Crippen molar-refractivity contribution in [2.75, 3.05) is 0 Å². The van der Waals surface area contributed by atoms with E-state index in [1.165, 1.54) is 19.3 Å². The smallest absolute Gasteiger partial charge is 0.312 e. The summed E-state index contributed by atoms with van der Waals surface area (Å²) in [5, 5.41) is 0. The molecule has 0 aliphatic carbocycles. The van der Waals surface area contributed by atoms with Gasteiger partial charge in [0.25, 0.3) is 0 Å². The van der Waals surface area contributed by atoms with Gasteiger partial charge >= 0.3 is 5.69 Å². The molecule has 1 aromatic heterocycles. The Labute approximate surface area is 56.9 Å². The van der Waals surface area contributed by atoms with Crippen molar-refractivity contribution in [3.63, 3.8) is 0 Å². The normalized spacial score (nSPS) is 9.30. The summed E-state index contributed by atoms with van der Waals surface area (Å²) in [4.78, 5) is 26.6. The van der Waals surface area contributed by atoms with Gasteiger partial charge in [-0.25, -0.2) is 9.78 Å². The summed E-state index contributed by atoms with van der Waals surface area (Å²) < 4.78 is 0. The van der Waals surface area contributed by atoms with Crippen molar-refractivity contribution in [3.8, 4) is 0 Å². The van der Waals surface area contributed by atoms with Gasteiger partial charge in [-0.05, 0) is 6.92 Å². The van der Waals surface area contributed by atoms with Crippen LogP contribution in [-0.4, -0.2) is 15.8 Å². The standard InChI is InChI=1S/C6H6N2O2/c1-4(9)5-2-7-6(10)8-3-5/h2-3H,1H3,(H,7,8,10). The molecule has 1 N–H and O–H groups in total. The molecule has 0 radical (unpaired) electrons. The van der Waals surface area contributed by atoms with Crippen LogP contribution in [0.2, 0.25) is 0 Å². The van der Waals surface area contributed by atoms with E-state index in [1.807, 2.05) is 0 Å². The molecule has 4 heteroatoms. The first-order chi connectivity index (χ1) is 4.70. The third kappa shape index (κ3) is 1.28. The Kier molecular flexibility index (Phi) is 1.62. The number of aromatic amines is 1. The number of rotatable bonds is 1. The molecule has 10 heavy (non-hydrogen) atoms. The van der Waals surface area contributed by atoms with Gasteiger partial charge < -0.3 is 4.98 Å². The zero-order valence-electron chi connectivity index (χ0n) is 5.42. The maximum Gasteiger partial charge on any atom is 0.344 e. The lowest BCUT2D eigenvalue weighted by Gasteiger charge is -1.88. The molecule has 0 aliphatic rings. The molecule has 0 atom stereocenters. The first-order valence-electron chi connectivity index (χ1n) is 2.76. The molecule has 1 aromatic rings. The Bertz CT molecular complexity index is 282. The van der Waals surface area contributed by atoms with Gasteiger partial charge in [0.2, 0.25) is 0 Å². The van der Waals surface area contributed by atoms with E-state index in [0.717, 1.165) is 0 Å². The molecule has 1 heterocycles. The van der Waals surface area contributed by atoms with Crippen LogP contribution in [0.15, 0.2) is 17.2 Å². The average molecular weight is 138 g/mol. The lowest BCUT2D eigenvalue weighted by Crippen LogP contribution is -2.10. The van der Waals surface area contributed by atoms with E-state index in [1.54, 1.807) is 0 Å². The number of aromatic nitrogens is 2. The van der Waals surface area contributed by atoms with Gasteiger partial charge in [0.1, 0.15) is 0 Å². The van der Waals surface area contributed by atoms with Crippen molar-refractivity contribution < 1.29 is 4.79 Å². The van der Waals surface area contributed by atoms with Crippen molar-refractivity contribution in [2.24, 2.45) is 0 Å². The molecule has 0 bridgehead atoms. The number of hydrogen-bond acceptors (Lipinski definition) is 3. The predicted octanol–water partition coefficient (Wildman–Crippen LogP) is -0.0275. The summed E-state index contributed by atoms with van der Waals surface area (Å²) in [6, 6.07) is 0. The topological polar surface area (TPSA) is 62.8 Å². The van der Waals surface area contributed by atoms with E-state index in [2.05, 4.69) is 9.97 Å².